The Hall–Kier alpha value is -3.46. The summed E-state index contributed by atoms with van der Waals surface area (Å²) in [6, 6.07) is 3.95. The molecule has 4 heterocycles. The third kappa shape index (κ3) is 8.01. The number of sulfone groups is 1. The molecule has 1 saturated carbocycles. The lowest BCUT2D eigenvalue weighted by Crippen LogP contribution is -2.40. The minimum atomic E-state index is -4.60. The highest BCUT2D eigenvalue weighted by Crippen LogP contribution is 2.52. The maximum absolute atomic E-state index is 17.3. The van der Waals surface area contributed by atoms with E-state index in [9.17, 15) is 35.5 Å². The lowest BCUT2D eigenvalue weighted by molar-refractivity contribution is -0.137. The zero-order chi connectivity index (χ0) is 37.9. The molecule has 2 unspecified atom stereocenters. The predicted molar refractivity (Wildman–Crippen MR) is 189 cm³/mol. The van der Waals surface area contributed by atoms with Crippen LogP contribution in [0.1, 0.15) is 122 Å². The number of aliphatic hydroxyl groups excluding tert-OH is 1. The number of hydrogen-bond donors (Lipinski definition) is 1. The highest BCUT2D eigenvalue weighted by molar-refractivity contribution is 7.91. The van der Waals surface area contributed by atoms with Gasteiger partial charge in [0.15, 0.2) is 16.0 Å². The molecule has 15 heteroatoms. The van der Waals surface area contributed by atoms with Crippen molar-refractivity contribution in [1.82, 2.24) is 15.0 Å². The van der Waals surface area contributed by atoms with E-state index in [0.717, 1.165) is 30.0 Å². The average molecular weight is 766 g/mol. The summed E-state index contributed by atoms with van der Waals surface area (Å²) in [4.78, 5) is 18.2. The van der Waals surface area contributed by atoms with Crippen LogP contribution >= 0.6 is 0 Å². The number of aliphatic hydroxyl groups is 1. The van der Waals surface area contributed by atoms with Crippen LogP contribution in [0.15, 0.2) is 36.7 Å². The average Bonchev–Trinajstić information content (AvgIpc) is 3.10. The van der Waals surface area contributed by atoms with Crippen molar-refractivity contribution in [3.63, 3.8) is 0 Å². The number of rotatable bonds is 6. The summed E-state index contributed by atoms with van der Waals surface area (Å²) < 4.78 is 110. The second-order valence-corrected chi connectivity index (χ2v) is 18.3. The number of nitrogens with zero attached hydrogens (tertiary/aromatic N) is 5. The minimum Gasteiger partial charge on any atom is -0.388 e. The molecule has 0 radical (unpaired) electrons. The van der Waals surface area contributed by atoms with E-state index in [0.29, 0.717) is 80.3 Å². The first-order valence-electron chi connectivity index (χ1n) is 18.4. The molecule has 1 N–H and O–H groups in total. The molecular weight excluding hydrogens is 721 g/mol. The Bertz CT molecular complexity index is 1890. The lowest BCUT2D eigenvalue weighted by Gasteiger charge is -2.41. The number of aromatic nitrogens is 3. The molecule has 3 fully saturated rings. The Kier molecular flexibility index (Phi) is 9.99. The zero-order valence-electron chi connectivity index (χ0n) is 29.8. The monoisotopic (exact) mass is 765 g/mol. The molecule has 2 aromatic heterocycles. The van der Waals surface area contributed by atoms with Gasteiger partial charge in [0.2, 0.25) is 11.9 Å². The standard InChI is InChI=1S/C38H45F6N5O3S/c1-36(2)19-28-31(29(50)20-36)30(23-7-11-37(40,41)12-8-23)32(33(39)24-3-5-26(6-4-24)38(42,43)44)34(47-28)25-9-13-49(14-10-25)35-45-21-27(22-46-35)48-15-17-53(51,52)18-16-48/h3-6,21-23,25,29,33,50H,7-20H2,1-2H3. The van der Waals surface area contributed by atoms with E-state index < -0.39 is 45.7 Å². The SMILES string of the molecule is CC1(C)Cc2nc(C3CCN(c4ncc(N5CCS(=O)(=O)CC5)cn4)CC3)c(C(F)c3ccc(C(F)(F)F)cc3)c(C3CCC(F)(F)CC3)c2C(O)C1. The van der Waals surface area contributed by atoms with Gasteiger partial charge in [-0.25, -0.2) is 31.6 Å². The van der Waals surface area contributed by atoms with Gasteiger partial charge in [-0.05, 0) is 73.1 Å². The van der Waals surface area contributed by atoms with Crippen LogP contribution in [0.4, 0.5) is 38.0 Å². The zero-order valence-corrected chi connectivity index (χ0v) is 30.7. The third-order valence-corrected chi connectivity index (χ3v) is 13.2. The molecule has 2 aliphatic heterocycles. The predicted octanol–water partition coefficient (Wildman–Crippen LogP) is 7.87. The molecule has 288 valence electrons. The quantitative estimate of drug-likeness (QED) is 0.254. The Balaban J connectivity index is 1.24. The minimum absolute atomic E-state index is 0.00579. The third-order valence-electron chi connectivity index (χ3n) is 11.6. The number of halogens is 6. The summed E-state index contributed by atoms with van der Waals surface area (Å²) in [6.45, 7) is 5.78. The van der Waals surface area contributed by atoms with Gasteiger partial charge in [-0.3, -0.25) is 4.98 Å². The second kappa shape index (κ2) is 14.0. The van der Waals surface area contributed by atoms with Crippen LogP contribution in [0.3, 0.4) is 0 Å². The van der Waals surface area contributed by atoms with Crippen molar-refractivity contribution >= 4 is 21.5 Å². The first-order valence-corrected chi connectivity index (χ1v) is 20.2. The van der Waals surface area contributed by atoms with Gasteiger partial charge >= 0.3 is 6.18 Å². The van der Waals surface area contributed by atoms with Gasteiger partial charge in [-0.2, -0.15) is 13.2 Å². The first-order chi connectivity index (χ1) is 24.9. The summed E-state index contributed by atoms with van der Waals surface area (Å²) in [6.07, 6.45) is -2.78. The van der Waals surface area contributed by atoms with Crippen LogP contribution in [0.2, 0.25) is 0 Å². The maximum atomic E-state index is 17.3. The number of fused-ring (bicyclic) bond motifs is 1. The smallest absolute Gasteiger partial charge is 0.388 e. The Morgan fingerprint density at radius 3 is 2.06 bits per heavy atom. The normalized spacial score (nSPS) is 24.1. The van der Waals surface area contributed by atoms with E-state index in [-0.39, 0.29) is 59.6 Å². The molecule has 0 spiro atoms. The van der Waals surface area contributed by atoms with Crippen LogP contribution in [-0.2, 0) is 22.4 Å². The summed E-state index contributed by atoms with van der Waals surface area (Å²) in [5.41, 5.74) is 1.80. The van der Waals surface area contributed by atoms with Crippen LogP contribution in [-0.4, -0.2) is 72.1 Å². The number of benzene rings is 1. The summed E-state index contributed by atoms with van der Waals surface area (Å²) in [7, 11) is -3.04. The van der Waals surface area contributed by atoms with Crippen molar-refractivity contribution in [1.29, 1.82) is 0 Å². The van der Waals surface area contributed by atoms with Gasteiger partial charge in [0, 0.05) is 61.8 Å². The van der Waals surface area contributed by atoms with E-state index in [2.05, 4.69) is 9.97 Å². The highest BCUT2D eigenvalue weighted by atomic mass is 32.2. The number of piperidine rings is 1. The molecule has 2 atom stereocenters. The van der Waals surface area contributed by atoms with E-state index in [1.165, 1.54) is 0 Å². The largest absolute Gasteiger partial charge is 0.416 e. The van der Waals surface area contributed by atoms with E-state index in [1.54, 1.807) is 12.4 Å². The van der Waals surface area contributed by atoms with Crippen LogP contribution in [0.5, 0.6) is 0 Å². The fourth-order valence-electron chi connectivity index (χ4n) is 8.68. The van der Waals surface area contributed by atoms with Crippen molar-refractivity contribution in [2.24, 2.45) is 5.41 Å². The second-order valence-electron chi connectivity index (χ2n) is 16.0. The van der Waals surface area contributed by atoms with E-state index in [1.807, 2.05) is 23.6 Å². The van der Waals surface area contributed by atoms with Gasteiger partial charge in [0.1, 0.15) is 0 Å². The van der Waals surface area contributed by atoms with Gasteiger partial charge in [-0.1, -0.05) is 26.0 Å². The van der Waals surface area contributed by atoms with Crippen molar-refractivity contribution in [2.45, 2.75) is 101 Å². The number of hydrogen-bond acceptors (Lipinski definition) is 8. The van der Waals surface area contributed by atoms with Crippen LogP contribution < -0.4 is 9.80 Å². The Labute approximate surface area is 306 Å². The molecule has 1 aromatic carbocycles. The van der Waals surface area contributed by atoms with Crippen molar-refractivity contribution in [3.05, 3.63) is 75.9 Å². The molecule has 8 nitrogen and oxygen atoms in total. The van der Waals surface area contributed by atoms with Crippen molar-refractivity contribution < 1.29 is 39.9 Å². The summed E-state index contributed by atoms with van der Waals surface area (Å²) in [5.74, 6) is -2.94. The maximum Gasteiger partial charge on any atom is 0.416 e. The Morgan fingerprint density at radius 1 is 0.868 bits per heavy atom. The first kappa shape index (κ1) is 37.8. The van der Waals surface area contributed by atoms with Gasteiger partial charge in [0.05, 0.1) is 46.9 Å². The molecule has 7 rings (SSSR count). The molecular formula is C38H45F6N5O3S. The summed E-state index contributed by atoms with van der Waals surface area (Å²) >= 11 is 0. The molecule has 0 bridgehead atoms. The van der Waals surface area contributed by atoms with Gasteiger partial charge in [0.25, 0.3) is 0 Å². The van der Waals surface area contributed by atoms with Gasteiger partial charge in [-0.15, -0.1) is 0 Å². The van der Waals surface area contributed by atoms with E-state index in [4.69, 9.17) is 4.98 Å². The van der Waals surface area contributed by atoms with E-state index >= 15 is 4.39 Å². The molecule has 4 aliphatic rings. The molecule has 2 saturated heterocycles. The van der Waals surface area contributed by atoms with Crippen LogP contribution in [0, 0.1) is 5.41 Å². The fraction of sp³-hybridized carbons (Fsp3) is 0.605. The molecule has 53 heavy (non-hydrogen) atoms. The number of anilines is 2. The number of alkyl halides is 6. The lowest BCUT2D eigenvalue weighted by atomic mass is 9.68. The van der Waals surface area contributed by atoms with Crippen LogP contribution in [0.25, 0.3) is 0 Å². The molecule has 0 amide bonds. The van der Waals surface area contributed by atoms with Crippen molar-refractivity contribution in [3.8, 4) is 0 Å². The van der Waals surface area contributed by atoms with Gasteiger partial charge < -0.3 is 14.9 Å². The molecule has 2 aliphatic carbocycles. The highest BCUT2D eigenvalue weighted by Gasteiger charge is 2.44. The van der Waals surface area contributed by atoms with Crippen molar-refractivity contribution in [2.75, 3.05) is 47.5 Å². The fourth-order valence-corrected chi connectivity index (χ4v) is 9.88. The topological polar surface area (TPSA) is 99.5 Å². The summed E-state index contributed by atoms with van der Waals surface area (Å²) in [5, 5.41) is 11.6. The Morgan fingerprint density at radius 2 is 1.47 bits per heavy atom. The number of pyridine rings is 1. The molecule has 3 aromatic rings.